The van der Waals surface area contributed by atoms with Crippen molar-refractivity contribution in [2.45, 2.75) is 37.6 Å². The lowest BCUT2D eigenvalue weighted by Gasteiger charge is -2.22. The van der Waals surface area contributed by atoms with Crippen molar-refractivity contribution in [1.82, 2.24) is 9.62 Å². The molecule has 1 aliphatic heterocycles. The predicted octanol–water partition coefficient (Wildman–Crippen LogP) is 1.29. The average molecular weight is 386 g/mol. The fourth-order valence-corrected chi connectivity index (χ4v) is 4.25. The number of amides is 1. The molecule has 2 rings (SSSR count). The summed E-state index contributed by atoms with van der Waals surface area (Å²) >= 11 is 0. The average Bonchev–Trinajstić information content (AvgIpc) is 3.09. The number of sulfonamides is 1. The van der Waals surface area contributed by atoms with Gasteiger partial charge in [-0.1, -0.05) is 13.8 Å². The standard InChI is InChI=1S/C17H23FN2O5S/c1-12(2)10-19-16(21)11-25-17(22)15-4-3-9-20(15)26(23,24)14-7-5-13(18)6-8-14/h5-8,12,15H,3-4,9-11H2,1-2H3,(H,19,21)/t15-/m0/s1. The van der Waals surface area contributed by atoms with Gasteiger partial charge in [0.25, 0.3) is 5.91 Å². The molecular formula is C17H23FN2O5S. The Morgan fingerprint density at radius 3 is 2.58 bits per heavy atom. The predicted molar refractivity (Wildman–Crippen MR) is 92.1 cm³/mol. The molecule has 1 N–H and O–H groups in total. The smallest absolute Gasteiger partial charge is 0.324 e. The summed E-state index contributed by atoms with van der Waals surface area (Å²) in [5.74, 6) is -1.47. The molecule has 1 atom stereocenters. The van der Waals surface area contributed by atoms with E-state index in [0.29, 0.717) is 19.4 Å². The normalized spacial score (nSPS) is 18.1. The third kappa shape index (κ3) is 5.01. The van der Waals surface area contributed by atoms with Crippen molar-refractivity contribution in [3.63, 3.8) is 0 Å². The van der Waals surface area contributed by atoms with Crippen molar-refractivity contribution in [2.75, 3.05) is 19.7 Å². The summed E-state index contributed by atoms with van der Waals surface area (Å²) in [5.41, 5.74) is 0. The summed E-state index contributed by atoms with van der Waals surface area (Å²) in [6.07, 6.45) is 0.812. The van der Waals surface area contributed by atoms with E-state index in [0.717, 1.165) is 28.6 Å². The Morgan fingerprint density at radius 2 is 1.96 bits per heavy atom. The molecule has 1 aromatic rings. The molecule has 0 saturated carbocycles. The van der Waals surface area contributed by atoms with Gasteiger partial charge < -0.3 is 10.1 Å². The summed E-state index contributed by atoms with van der Waals surface area (Å²) in [5, 5.41) is 2.62. The number of esters is 1. The molecule has 7 nitrogen and oxygen atoms in total. The molecule has 1 saturated heterocycles. The van der Waals surface area contributed by atoms with Gasteiger partial charge in [0.15, 0.2) is 6.61 Å². The van der Waals surface area contributed by atoms with Crippen molar-refractivity contribution < 1.29 is 27.1 Å². The number of ether oxygens (including phenoxy) is 1. The molecule has 0 unspecified atom stereocenters. The third-order valence-electron chi connectivity index (χ3n) is 3.95. The van der Waals surface area contributed by atoms with Crippen LogP contribution in [0.1, 0.15) is 26.7 Å². The fraction of sp³-hybridized carbons (Fsp3) is 0.529. The quantitative estimate of drug-likeness (QED) is 0.713. The van der Waals surface area contributed by atoms with Gasteiger partial charge in [-0.25, -0.2) is 12.8 Å². The molecule has 0 spiro atoms. The number of carbonyl (C=O) groups excluding carboxylic acids is 2. The molecule has 144 valence electrons. The molecule has 1 amide bonds. The van der Waals surface area contributed by atoms with E-state index in [-0.39, 0.29) is 17.4 Å². The number of nitrogens with one attached hydrogen (secondary N) is 1. The summed E-state index contributed by atoms with van der Waals surface area (Å²) in [6.45, 7) is 4.04. The SMILES string of the molecule is CC(C)CNC(=O)COC(=O)[C@@H]1CCCN1S(=O)(=O)c1ccc(F)cc1. The molecule has 1 aromatic carbocycles. The summed E-state index contributed by atoms with van der Waals surface area (Å²) in [7, 11) is -3.94. The van der Waals surface area contributed by atoms with Crippen LogP contribution in [0.15, 0.2) is 29.2 Å². The first-order valence-corrected chi connectivity index (χ1v) is 9.86. The van der Waals surface area contributed by atoms with Gasteiger partial charge in [-0.2, -0.15) is 4.31 Å². The van der Waals surface area contributed by atoms with Crippen LogP contribution in [0.2, 0.25) is 0 Å². The Kier molecular flexibility index (Phi) is 6.71. The Morgan fingerprint density at radius 1 is 1.31 bits per heavy atom. The number of halogens is 1. The van der Waals surface area contributed by atoms with E-state index in [1.54, 1.807) is 0 Å². The van der Waals surface area contributed by atoms with Crippen LogP contribution in [0.25, 0.3) is 0 Å². The van der Waals surface area contributed by atoms with Gasteiger partial charge in [0.05, 0.1) is 4.90 Å². The second-order valence-corrected chi connectivity index (χ2v) is 8.42. The van der Waals surface area contributed by atoms with Crippen molar-refractivity contribution >= 4 is 21.9 Å². The highest BCUT2D eigenvalue weighted by Crippen LogP contribution is 2.27. The number of rotatable bonds is 7. The van der Waals surface area contributed by atoms with Crippen LogP contribution in [-0.4, -0.2) is 50.3 Å². The van der Waals surface area contributed by atoms with E-state index >= 15 is 0 Å². The van der Waals surface area contributed by atoms with Gasteiger partial charge in [0.1, 0.15) is 11.9 Å². The number of carbonyl (C=O) groups is 2. The number of hydrogen-bond donors (Lipinski definition) is 1. The zero-order valence-electron chi connectivity index (χ0n) is 14.8. The van der Waals surface area contributed by atoms with Crippen LogP contribution < -0.4 is 5.32 Å². The zero-order valence-corrected chi connectivity index (χ0v) is 15.6. The van der Waals surface area contributed by atoms with Crippen LogP contribution in [0.5, 0.6) is 0 Å². The molecule has 0 aliphatic carbocycles. The Balaban J connectivity index is 2.01. The van der Waals surface area contributed by atoms with Crippen LogP contribution in [0.3, 0.4) is 0 Å². The van der Waals surface area contributed by atoms with Gasteiger partial charge in [0, 0.05) is 13.1 Å². The van der Waals surface area contributed by atoms with Crippen molar-refractivity contribution in [1.29, 1.82) is 0 Å². The van der Waals surface area contributed by atoms with Gasteiger partial charge in [-0.15, -0.1) is 0 Å². The maximum absolute atomic E-state index is 13.0. The number of hydrogen-bond acceptors (Lipinski definition) is 5. The van der Waals surface area contributed by atoms with E-state index < -0.39 is 40.4 Å². The monoisotopic (exact) mass is 386 g/mol. The van der Waals surface area contributed by atoms with E-state index in [9.17, 15) is 22.4 Å². The van der Waals surface area contributed by atoms with Gasteiger partial charge in [-0.05, 0) is 43.0 Å². The lowest BCUT2D eigenvalue weighted by Crippen LogP contribution is -2.42. The van der Waals surface area contributed by atoms with E-state index in [4.69, 9.17) is 4.74 Å². The molecule has 0 aromatic heterocycles. The second-order valence-electron chi connectivity index (χ2n) is 6.53. The summed E-state index contributed by atoms with van der Waals surface area (Å²) in [6, 6.07) is 3.43. The van der Waals surface area contributed by atoms with E-state index in [1.807, 2.05) is 13.8 Å². The molecule has 26 heavy (non-hydrogen) atoms. The fourth-order valence-electron chi connectivity index (χ4n) is 2.61. The van der Waals surface area contributed by atoms with Gasteiger partial charge in [0.2, 0.25) is 10.0 Å². The van der Waals surface area contributed by atoms with Gasteiger partial charge in [-0.3, -0.25) is 9.59 Å². The highest BCUT2D eigenvalue weighted by atomic mass is 32.2. The van der Waals surface area contributed by atoms with Crippen molar-refractivity contribution in [3.8, 4) is 0 Å². The van der Waals surface area contributed by atoms with Crippen LogP contribution in [0, 0.1) is 11.7 Å². The second kappa shape index (κ2) is 8.59. The first-order chi connectivity index (χ1) is 12.2. The molecule has 1 heterocycles. The minimum Gasteiger partial charge on any atom is -0.454 e. The molecule has 1 fully saturated rings. The molecule has 0 radical (unpaired) electrons. The summed E-state index contributed by atoms with van der Waals surface area (Å²) in [4.78, 5) is 23.8. The van der Waals surface area contributed by atoms with Crippen LogP contribution in [-0.2, 0) is 24.3 Å². The third-order valence-corrected chi connectivity index (χ3v) is 5.87. The first kappa shape index (κ1) is 20.3. The maximum atomic E-state index is 13.0. The van der Waals surface area contributed by atoms with Crippen molar-refractivity contribution in [2.24, 2.45) is 5.92 Å². The summed E-state index contributed by atoms with van der Waals surface area (Å²) < 4.78 is 44.4. The topological polar surface area (TPSA) is 92.8 Å². The Bertz CT molecular complexity index is 749. The molecule has 1 aliphatic rings. The Labute approximate surface area is 152 Å². The lowest BCUT2D eigenvalue weighted by molar-refractivity contribution is -0.151. The zero-order chi connectivity index (χ0) is 19.3. The van der Waals surface area contributed by atoms with Crippen molar-refractivity contribution in [3.05, 3.63) is 30.1 Å². The molecule has 9 heteroatoms. The van der Waals surface area contributed by atoms with E-state index in [1.165, 1.54) is 0 Å². The van der Waals surface area contributed by atoms with Crippen LogP contribution in [0.4, 0.5) is 4.39 Å². The Hall–Kier alpha value is -2.00. The van der Waals surface area contributed by atoms with Crippen LogP contribution >= 0.6 is 0 Å². The largest absolute Gasteiger partial charge is 0.454 e. The number of nitrogens with zero attached hydrogens (tertiary/aromatic N) is 1. The number of benzene rings is 1. The molecular weight excluding hydrogens is 363 g/mol. The highest BCUT2D eigenvalue weighted by Gasteiger charge is 2.40. The lowest BCUT2D eigenvalue weighted by atomic mass is 10.2. The van der Waals surface area contributed by atoms with E-state index in [2.05, 4.69) is 5.32 Å². The minimum atomic E-state index is -3.94. The highest BCUT2D eigenvalue weighted by molar-refractivity contribution is 7.89. The van der Waals surface area contributed by atoms with Gasteiger partial charge >= 0.3 is 5.97 Å². The maximum Gasteiger partial charge on any atom is 0.324 e. The minimum absolute atomic E-state index is 0.0896. The molecule has 0 bridgehead atoms. The first-order valence-electron chi connectivity index (χ1n) is 8.42.